The molecule has 0 saturated carbocycles. The number of carboxylic acids is 1. The monoisotopic (exact) mass is 282 g/mol. The third-order valence-electron chi connectivity index (χ3n) is 2.94. The van der Waals surface area contributed by atoms with Crippen molar-refractivity contribution in [1.82, 2.24) is 4.90 Å². The van der Waals surface area contributed by atoms with Crippen LogP contribution in [-0.2, 0) is 11.3 Å². The van der Waals surface area contributed by atoms with Crippen LogP contribution in [0.25, 0.3) is 0 Å². The van der Waals surface area contributed by atoms with Crippen LogP contribution in [0.2, 0.25) is 0 Å². The van der Waals surface area contributed by atoms with Gasteiger partial charge in [0.05, 0.1) is 18.5 Å². The molecule has 0 atom stereocenters. The molecule has 0 heterocycles. The second kappa shape index (κ2) is 7.44. The minimum atomic E-state index is -0.857. The summed E-state index contributed by atoms with van der Waals surface area (Å²) < 4.78 is 4.94. The smallest absolute Gasteiger partial charge is 0.311 e. The van der Waals surface area contributed by atoms with Gasteiger partial charge in [0, 0.05) is 19.2 Å². The van der Waals surface area contributed by atoms with E-state index in [0.29, 0.717) is 19.6 Å². The molecule has 1 rings (SSSR count). The minimum Gasteiger partial charge on any atom is -0.490 e. The fourth-order valence-electron chi connectivity index (χ4n) is 1.84. The van der Waals surface area contributed by atoms with Crippen molar-refractivity contribution in [3.63, 3.8) is 0 Å². The van der Waals surface area contributed by atoms with Gasteiger partial charge in [-0.1, -0.05) is 13.0 Å². The SMILES string of the molecule is CCN(CCC(=O)O)Cc1ccc(OC)c([N+](=O)[O-])c1. The van der Waals surface area contributed by atoms with Crippen molar-refractivity contribution in [3.05, 3.63) is 33.9 Å². The summed E-state index contributed by atoms with van der Waals surface area (Å²) in [7, 11) is 1.38. The first-order valence-corrected chi connectivity index (χ1v) is 6.23. The zero-order valence-electron chi connectivity index (χ0n) is 11.5. The number of nitrogens with zero attached hydrogens (tertiary/aromatic N) is 2. The molecule has 0 amide bonds. The molecule has 0 aromatic heterocycles. The second-order valence-corrected chi connectivity index (χ2v) is 4.28. The molecule has 20 heavy (non-hydrogen) atoms. The molecule has 1 aromatic rings. The van der Waals surface area contributed by atoms with Crippen LogP contribution >= 0.6 is 0 Å². The third-order valence-corrected chi connectivity index (χ3v) is 2.94. The number of carbonyl (C=O) groups is 1. The first-order chi connectivity index (χ1) is 9.47. The number of hydrogen-bond acceptors (Lipinski definition) is 5. The summed E-state index contributed by atoms with van der Waals surface area (Å²) >= 11 is 0. The molecule has 0 aliphatic carbocycles. The van der Waals surface area contributed by atoms with Gasteiger partial charge in [-0.15, -0.1) is 0 Å². The lowest BCUT2D eigenvalue weighted by atomic mass is 10.1. The normalized spacial score (nSPS) is 10.6. The topological polar surface area (TPSA) is 92.9 Å². The highest BCUT2D eigenvalue weighted by molar-refractivity contribution is 5.66. The van der Waals surface area contributed by atoms with Gasteiger partial charge < -0.3 is 9.84 Å². The van der Waals surface area contributed by atoms with E-state index < -0.39 is 10.9 Å². The number of methoxy groups -OCH3 is 1. The van der Waals surface area contributed by atoms with Gasteiger partial charge in [0.1, 0.15) is 0 Å². The van der Waals surface area contributed by atoms with E-state index in [1.54, 1.807) is 12.1 Å². The maximum atomic E-state index is 10.9. The Morgan fingerprint density at radius 1 is 1.50 bits per heavy atom. The van der Waals surface area contributed by atoms with Crippen molar-refractivity contribution < 1.29 is 19.6 Å². The van der Waals surface area contributed by atoms with Crippen LogP contribution in [-0.4, -0.2) is 41.1 Å². The van der Waals surface area contributed by atoms with Gasteiger partial charge in [-0.25, -0.2) is 0 Å². The van der Waals surface area contributed by atoms with Crippen LogP contribution in [0.4, 0.5) is 5.69 Å². The number of hydrogen-bond donors (Lipinski definition) is 1. The molecule has 1 N–H and O–H groups in total. The Morgan fingerprint density at radius 2 is 2.20 bits per heavy atom. The Balaban J connectivity index is 2.83. The molecule has 7 heteroatoms. The summed E-state index contributed by atoms with van der Waals surface area (Å²) in [4.78, 5) is 22.9. The zero-order valence-corrected chi connectivity index (χ0v) is 11.5. The van der Waals surface area contributed by atoms with Gasteiger partial charge in [0.15, 0.2) is 5.75 Å². The summed E-state index contributed by atoms with van der Waals surface area (Å²) in [6.45, 7) is 3.47. The molecule has 0 unspecified atom stereocenters. The van der Waals surface area contributed by atoms with E-state index in [9.17, 15) is 14.9 Å². The van der Waals surface area contributed by atoms with E-state index >= 15 is 0 Å². The Bertz CT molecular complexity index is 490. The maximum absolute atomic E-state index is 10.9. The molecule has 0 aliphatic heterocycles. The lowest BCUT2D eigenvalue weighted by Crippen LogP contribution is -2.25. The average molecular weight is 282 g/mol. The third kappa shape index (κ3) is 4.51. The van der Waals surface area contributed by atoms with Crippen molar-refractivity contribution in [2.75, 3.05) is 20.2 Å². The van der Waals surface area contributed by atoms with Crippen LogP contribution in [0.5, 0.6) is 5.75 Å². The molecule has 7 nitrogen and oxygen atoms in total. The van der Waals surface area contributed by atoms with E-state index in [0.717, 1.165) is 5.56 Å². The molecular formula is C13H18N2O5. The summed E-state index contributed by atoms with van der Waals surface area (Å²) in [5.41, 5.74) is 0.670. The predicted octanol–water partition coefficient (Wildman–Crippen LogP) is 1.90. The highest BCUT2D eigenvalue weighted by Crippen LogP contribution is 2.27. The molecule has 0 spiro atoms. The number of rotatable bonds is 8. The molecule has 110 valence electrons. The molecular weight excluding hydrogens is 264 g/mol. The van der Waals surface area contributed by atoms with Crippen molar-refractivity contribution in [3.8, 4) is 5.75 Å². The Kier molecular flexibility index (Phi) is 5.92. The fraction of sp³-hybridized carbons (Fsp3) is 0.462. The van der Waals surface area contributed by atoms with E-state index in [1.807, 2.05) is 11.8 Å². The maximum Gasteiger partial charge on any atom is 0.311 e. The zero-order chi connectivity index (χ0) is 15.1. The van der Waals surface area contributed by atoms with Crippen LogP contribution in [0.3, 0.4) is 0 Å². The first-order valence-electron chi connectivity index (χ1n) is 6.23. The van der Waals surface area contributed by atoms with Crippen molar-refractivity contribution in [2.24, 2.45) is 0 Å². The quantitative estimate of drug-likeness (QED) is 0.578. The molecule has 1 aromatic carbocycles. The van der Waals surface area contributed by atoms with Gasteiger partial charge in [0.2, 0.25) is 0 Å². The highest BCUT2D eigenvalue weighted by atomic mass is 16.6. The molecule has 0 bridgehead atoms. The number of ether oxygens (including phenoxy) is 1. The number of benzene rings is 1. The largest absolute Gasteiger partial charge is 0.490 e. The number of carboxylic acid groups (broad SMARTS) is 1. The van der Waals surface area contributed by atoms with Gasteiger partial charge in [-0.2, -0.15) is 0 Å². The number of nitro benzene ring substituents is 1. The van der Waals surface area contributed by atoms with Crippen LogP contribution in [0.15, 0.2) is 18.2 Å². The highest BCUT2D eigenvalue weighted by Gasteiger charge is 2.16. The van der Waals surface area contributed by atoms with E-state index in [-0.39, 0.29) is 17.9 Å². The van der Waals surface area contributed by atoms with Crippen LogP contribution in [0.1, 0.15) is 18.9 Å². The summed E-state index contributed by atoms with van der Waals surface area (Å²) in [5.74, 6) is -0.642. The van der Waals surface area contributed by atoms with Gasteiger partial charge in [-0.3, -0.25) is 19.8 Å². The van der Waals surface area contributed by atoms with Crippen molar-refractivity contribution >= 4 is 11.7 Å². The van der Waals surface area contributed by atoms with E-state index in [4.69, 9.17) is 9.84 Å². The van der Waals surface area contributed by atoms with Crippen molar-refractivity contribution in [2.45, 2.75) is 19.9 Å². The molecule has 0 radical (unpaired) electrons. The number of aliphatic carboxylic acids is 1. The summed E-state index contributed by atoms with van der Waals surface area (Å²) in [5, 5.41) is 19.6. The van der Waals surface area contributed by atoms with Crippen LogP contribution in [0, 0.1) is 10.1 Å². The Hall–Kier alpha value is -2.15. The standard InChI is InChI=1S/C13H18N2O5/c1-3-14(7-6-13(16)17)9-10-4-5-12(20-2)11(8-10)15(18)19/h4-5,8H,3,6-7,9H2,1-2H3,(H,16,17). The molecule has 0 saturated heterocycles. The second-order valence-electron chi connectivity index (χ2n) is 4.28. The first kappa shape index (κ1) is 15.9. The van der Waals surface area contributed by atoms with Gasteiger partial charge in [0.25, 0.3) is 0 Å². The average Bonchev–Trinajstić information content (AvgIpc) is 2.42. The van der Waals surface area contributed by atoms with E-state index in [1.165, 1.54) is 13.2 Å². The van der Waals surface area contributed by atoms with E-state index in [2.05, 4.69) is 0 Å². The van der Waals surface area contributed by atoms with Gasteiger partial charge in [-0.05, 0) is 18.2 Å². The fourth-order valence-corrected chi connectivity index (χ4v) is 1.84. The molecule has 0 aliphatic rings. The molecule has 0 fully saturated rings. The number of nitro groups is 1. The van der Waals surface area contributed by atoms with Crippen LogP contribution < -0.4 is 4.74 Å². The van der Waals surface area contributed by atoms with Crippen molar-refractivity contribution in [1.29, 1.82) is 0 Å². The minimum absolute atomic E-state index is 0.0477. The van der Waals surface area contributed by atoms with Gasteiger partial charge >= 0.3 is 11.7 Å². The summed E-state index contributed by atoms with van der Waals surface area (Å²) in [6, 6.07) is 4.76. The predicted molar refractivity (Wildman–Crippen MR) is 72.9 cm³/mol. The Labute approximate surface area is 116 Å². The lowest BCUT2D eigenvalue weighted by Gasteiger charge is -2.19. The Morgan fingerprint density at radius 3 is 2.70 bits per heavy atom. The lowest BCUT2D eigenvalue weighted by molar-refractivity contribution is -0.385. The summed E-state index contributed by atoms with van der Waals surface area (Å²) in [6.07, 6.45) is 0.0477.